The molecule has 0 aromatic carbocycles. The molecule has 2 aliphatic heterocycles. The number of rotatable bonds is 2. The number of morpholine rings is 1. The number of nitrogens with zero attached hydrogens (tertiary/aromatic N) is 2. The predicted octanol–water partition coefficient (Wildman–Crippen LogP) is 1.79. The third kappa shape index (κ3) is 3.48. The summed E-state index contributed by atoms with van der Waals surface area (Å²) in [6, 6.07) is 0.134. The fourth-order valence-corrected chi connectivity index (χ4v) is 3.26. The van der Waals surface area contributed by atoms with Crippen LogP contribution in [0.4, 0.5) is 4.79 Å². The number of aliphatic carboxylic acids is 1. The van der Waals surface area contributed by atoms with Crippen molar-refractivity contribution in [2.75, 3.05) is 19.7 Å². The highest BCUT2D eigenvalue weighted by molar-refractivity contribution is 5.76. The fraction of sp³-hybridized carbons (Fsp3) is 0.867. The Balaban J connectivity index is 2.03. The minimum Gasteiger partial charge on any atom is -0.481 e. The second-order valence-corrected chi connectivity index (χ2v) is 6.24. The quantitative estimate of drug-likeness (QED) is 0.844. The molecule has 0 bridgehead atoms. The van der Waals surface area contributed by atoms with E-state index in [2.05, 4.69) is 6.92 Å². The normalized spacial score (nSPS) is 33.9. The van der Waals surface area contributed by atoms with E-state index in [1.807, 2.05) is 23.6 Å². The van der Waals surface area contributed by atoms with Gasteiger partial charge in [0.05, 0.1) is 24.7 Å². The molecule has 120 valence electrons. The summed E-state index contributed by atoms with van der Waals surface area (Å²) in [5.74, 6) is -1.07. The highest BCUT2D eigenvalue weighted by Crippen LogP contribution is 2.26. The number of hydrogen-bond donors (Lipinski definition) is 1. The van der Waals surface area contributed by atoms with Crippen LogP contribution in [0.5, 0.6) is 0 Å². The van der Waals surface area contributed by atoms with Crippen LogP contribution in [0.3, 0.4) is 0 Å². The first-order valence-corrected chi connectivity index (χ1v) is 7.85. The lowest BCUT2D eigenvalue weighted by atomic mass is 9.92. The van der Waals surface area contributed by atoms with Crippen LogP contribution < -0.4 is 0 Å². The molecule has 2 heterocycles. The third-order valence-electron chi connectivity index (χ3n) is 4.66. The average molecular weight is 298 g/mol. The first-order chi connectivity index (χ1) is 9.93. The molecule has 2 rings (SSSR count). The largest absolute Gasteiger partial charge is 0.481 e. The van der Waals surface area contributed by atoms with Gasteiger partial charge in [0.2, 0.25) is 0 Å². The Bertz CT molecular complexity index is 401. The summed E-state index contributed by atoms with van der Waals surface area (Å²) in [4.78, 5) is 27.6. The molecule has 0 aromatic rings. The molecule has 0 radical (unpaired) electrons. The lowest BCUT2D eigenvalue weighted by Gasteiger charge is -2.44. The van der Waals surface area contributed by atoms with Gasteiger partial charge in [0.25, 0.3) is 0 Å². The standard InChI is InChI=1S/C15H26N2O4/c1-4-13-9-21-11(3)8-17(13)15(20)16-6-5-12(14(18)19)7-10(16)2/h10-13H,4-9H2,1-3H3,(H,18,19). The van der Waals surface area contributed by atoms with Gasteiger partial charge in [0, 0.05) is 19.1 Å². The summed E-state index contributed by atoms with van der Waals surface area (Å²) in [7, 11) is 0. The van der Waals surface area contributed by atoms with Gasteiger partial charge in [-0.25, -0.2) is 4.79 Å². The minimum atomic E-state index is -0.750. The Morgan fingerprint density at radius 1 is 1.29 bits per heavy atom. The zero-order valence-corrected chi connectivity index (χ0v) is 13.1. The Hall–Kier alpha value is -1.30. The topological polar surface area (TPSA) is 70.1 Å². The lowest BCUT2D eigenvalue weighted by Crippen LogP contribution is -2.58. The van der Waals surface area contributed by atoms with Gasteiger partial charge in [-0.2, -0.15) is 0 Å². The van der Waals surface area contributed by atoms with E-state index >= 15 is 0 Å². The highest BCUT2D eigenvalue weighted by Gasteiger charge is 2.37. The van der Waals surface area contributed by atoms with Gasteiger partial charge in [-0.1, -0.05) is 6.92 Å². The van der Waals surface area contributed by atoms with E-state index in [1.54, 1.807) is 0 Å². The van der Waals surface area contributed by atoms with E-state index in [9.17, 15) is 9.59 Å². The number of carboxylic acid groups (broad SMARTS) is 1. The molecule has 0 aliphatic carbocycles. The molecule has 6 heteroatoms. The summed E-state index contributed by atoms with van der Waals surface area (Å²) in [6.45, 7) is 7.71. The number of carbonyl (C=O) groups excluding carboxylic acids is 1. The van der Waals surface area contributed by atoms with Gasteiger partial charge >= 0.3 is 12.0 Å². The van der Waals surface area contributed by atoms with Crippen LogP contribution in [0.15, 0.2) is 0 Å². The summed E-state index contributed by atoms with van der Waals surface area (Å²) in [6.07, 6.45) is 2.02. The molecule has 4 atom stereocenters. The number of likely N-dealkylation sites (tertiary alicyclic amines) is 1. The average Bonchev–Trinajstić information content (AvgIpc) is 2.46. The molecule has 1 N–H and O–H groups in total. The van der Waals surface area contributed by atoms with E-state index in [4.69, 9.17) is 9.84 Å². The first kappa shape index (κ1) is 16.1. The molecule has 6 nitrogen and oxygen atoms in total. The Morgan fingerprint density at radius 2 is 2.00 bits per heavy atom. The monoisotopic (exact) mass is 298 g/mol. The Kier molecular flexibility index (Phi) is 5.08. The SMILES string of the molecule is CCC1COC(C)CN1C(=O)N1CCC(C(=O)O)CC1C. The fourth-order valence-electron chi connectivity index (χ4n) is 3.26. The van der Waals surface area contributed by atoms with Crippen LogP contribution in [0.2, 0.25) is 0 Å². The van der Waals surface area contributed by atoms with Gasteiger partial charge in [-0.3, -0.25) is 4.79 Å². The minimum absolute atomic E-state index is 0.0250. The maximum Gasteiger partial charge on any atom is 0.320 e. The van der Waals surface area contributed by atoms with Crippen molar-refractivity contribution in [1.82, 2.24) is 9.80 Å². The van der Waals surface area contributed by atoms with E-state index in [1.165, 1.54) is 0 Å². The number of urea groups is 1. The summed E-state index contributed by atoms with van der Waals surface area (Å²) >= 11 is 0. The number of piperidine rings is 1. The molecule has 0 aromatic heterocycles. The van der Waals surface area contributed by atoms with Crippen molar-refractivity contribution < 1.29 is 19.4 Å². The van der Waals surface area contributed by atoms with E-state index in [0.29, 0.717) is 32.5 Å². The van der Waals surface area contributed by atoms with Crippen LogP contribution in [-0.4, -0.2) is 64.8 Å². The van der Waals surface area contributed by atoms with Crippen LogP contribution in [0.1, 0.15) is 40.0 Å². The van der Waals surface area contributed by atoms with Crippen molar-refractivity contribution in [3.05, 3.63) is 0 Å². The Labute approximate surface area is 126 Å². The van der Waals surface area contributed by atoms with Gasteiger partial charge in [0.15, 0.2) is 0 Å². The molecular formula is C15H26N2O4. The van der Waals surface area contributed by atoms with E-state index < -0.39 is 5.97 Å². The van der Waals surface area contributed by atoms with E-state index in [0.717, 1.165) is 6.42 Å². The summed E-state index contributed by atoms with van der Waals surface area (Å²) in [5.41, 5.74) is 0. The number of ether oxygens (including phenoxy) is 1. The molecule has 2 fully saturated rings. The Morgan fingerprint density at radius 3 is 2.57 bits per heavy atom. The van der Waals surface area contributed by atoms with E-state index in [-0.39, 0.29) is 30.1 Å². The maximum absolute atomic E-state index is 12.8. The zero-order valence-electron chi connectivity index (χ0n) is 13.1. The molecule has 2 aliphatic rings. The van der Waals surface area contributed by atoms with Crippen molar-refractivity contribution in [2.45, 2.75) is 58.2 Å². The summed E-state index contributed by atoms with van der Waals surface area (Å²) in [5, 5.41) is 9.11. The van der Waals surface area contributed by atoms with Gasteiger partial charge < -0.3 is 19.6 Å². The number of carbonyl (C=O) groups is 2. The van der Waals surface area contributed by atoms with Crippen molar-refractivity contribution in [3.63, 3.8) is 0 Å². The first-order valence-electron chi connectivity index (χ1n) is 7.85. The molecule has 2 amide bonds. The van der Waals surface area contributed by atoms with Crippen molar-refractivity contribution in [2.24, 2.45) is 5.92 Å². The summed E-state index contributed by atoms with van der Waals surface area (Å²) < 4.78 is 5.63. The maximum atomic E-state index is 12.8. The van der Waals surface area contributed by atoms with Gasteiger partial charge in [-0.15, -0.1) is 0 Å². The number of carboxylic acids is 1. The van der Waals surface area contributed by atoms with Crippen LogP contribution in [-0.2, 0) is 9.53 Å². The predicted molar refractivity (Wildman–Crippen MR) is 78.1 cm³/mol. The molecule has 0 saturated carbocycles. The smallest absolute Gasteiger partial charge is 0.320 e. The molecule has 2 saturated heterocycles. The van der Waals surface area contributed by atoms with Gasteiger partial charge in [-0.05, 0) is 33.1 Å². The molecule has 21 heavy (non-hydrogen) atoms. The van der Waals surface area contributed by atoms with Crippen molar-refractivity contribution in [3.8, 4) is 0 Å². The van der Waals surface area contributed by atoms with Crippen molar-refractivity contribution >= 4 is 12.0 Å². The van der Waals surface area contributed by atoms with Crippen LogP contribution in [0.25, 0.3) is 0 Å². The molecule has 0 spiro atoms. The highest BCUT2D eigenvalue weighted by atomic mass is 16.5. The van der Waals surface area contributed by atoms with Crippen LogP contribution >= 0.6 is 0 Å². The lowest BCUT2D eigenvalue weighted by molar-refractivity contribution is -0.143. The second-order valence-electron chi connectivity index (χ2n) is 6.24. The van der Waals surface area contributed by atoms with Gasteiger partial charge in [0.1, 0.15) is 0 Å². The zero-order chi connectivity index (χ0) is 15.6. The molecule has 4 unspecified atom stereocenters. The molecular weight excluding hydrogens is 272 g/mol. The number of hydrogen-bond acceptors (Lipinski definition) is 3. The second kappa shape index (κ2) is 6.64. The number of amides is 2. The van der Waals surface area contributed by atoms with Crippen LogP contribution in [0, 0.1) is 5.92 Å². The van der Waals surface area contributed by atoms with Crippen molar-refractivity contribution in [1.29, 1.82) is 0 Å². The third-order valence-corrected chi connectivity index (χ3v) is 4.66.